The molecule has 0 spiro atoms. The molecule has 0 radical (unpaired) electrons. The van der Waals surface area contributed by atoms with Crippen LogP contribution in [0.5, 0.6) is 0 Å². The Labute approximate surface area is 137 Å². The van der Waals surface area contributed by atoms with Crippen molar-refractivity contribution >= 4 is 17.5 Å². The van der Waals surface area contributed by atoms with Gasteiger partial charge in [-0.05, 0) is 19.8 Å². The number of hydrogen-bond donors (Lipinski definition) is 0. The topological polar surface area (TPSA) is 17.1 Å². The van der Waals surface area contributed by atoms with Gasteiger partial charge in [0.25, 0.3) is 0 Å². The molecular weight excluding hydrogens is 276 g/mol. The summed E-state index contributed by atoms with van der Waals surface area (Å²) in [7, 11) is 0. The highest BCUT2D eigenvalue weighted by Crippen LogP contribution is 2.28. The van der Waals surface area contributed by atoms with Gasteiger partial charge in [0.1, 0.15) is 5.78 Å². The Morgan fingerprint density at radius 3 is 2.10 bits per heavy atom. The smallest absolute Gasteiger partial charge is 0.131 e. The summed E-state index contributed by atoms with van der Waals surface area (Å²) in [5, 5.41) is 0. The van der Waals surface area contributed by atoms with E-state index in [1.807, 2.05) is 11.8 Å². The lowest BCUT2D eigenvalue weighted by molar-refractivity contribution is -0.117. The number of thioether (sulfide) groups is 1. The fourth-order valence-corrected chi connectivity index (χ4v) is 3.50. The number of rotatable bonds is 14. The van der Waals surface area contributed by atoms with Crippen LogP contribution in [-0.2, 0) is 4.79 Å². The zero-order chi connectivity index (χ0) is 16.0. The predicted octanol–water partition coefficient (Wildman–Crippen LogP) is 6.56. The molecule has 0 aliphatic heterocycles. The number of hydrogen-bond acceptors (Lipinski definition) is 2. The molecule has 0 aromatic rings. The third kappa shape index (κ3) is 16.0. The number of unbranched alkanes of at least 4 members (excludes halogenated alkanes) is 8. The van der Waals surface area contributed by atoms with Gasteiger partial charge in [-0.25, -0.2) is 0 Å². The molecule has 0 bridgehead atoms. The van der Waals surface area contributed by atoms with E-state index in [0.717, 1.165) is 5.75 Å². The van der Waals surface area contributed by atoms with E-state index in [9.17, 15) is 4.79 Å². The fraction of sp³-hybridized carbons (Fsp3) is 0.842. The average molecular weight is 313 g/mol. The van der Waals surface area contributed by atoms with Crippen LogP contribution in [0.25, 0.3) is 0 Å². The number of ketones is 1. The molecule has 0 aromatic heterocycles. The molecule has 21 heavy (non-hydrogen) atoms. The molecule has 0 amide bonds. The van der Waals surface area contributed by atoms with E-state index in [1.54, 1.807) is 6.92 Å². The summed E-state index contributed by atoms with van der Waals surface area (Å²) < 4.78 is 0.0780. The summed E-state index contributed by atoms with van der Waals surface area (Å²) in [6.07, 6.45) is 17.6. The van der Waals surface area contributed by atoms with Gasteiger partial charge < -0.3 is 0 Å². The Morgan fingerprint density at radius 2 is 1.52 bits per heavy atom. The molecule has 0 aliphatic rings. The van der Waals surface area contributed by atoms with Gasteiger partial charge in [0.2, 0.25) is 0 Å². The SMILES string of the molecule is CCCCCCCCCC/C=C/CSC(C)(C)CC(C)=O. The van der Waals surface area contributed by atoms with Crippen LogP contribution < -0.4 is 0 Å². The van der Waals surface area contributed by atoms with E-state index >= 15 is 0 Å². The number of Topliss-reactive ketones (excluding diaryl/α,β-unsaturated/α-hetero) is 1. The molecule has 124 valence electrons. The molecule has 0 unspecified atom stereocenters. The molecule has 0 saturated heterocycles. The molecule has 0 aromatic carbocycles. The van der Waals surface area contributed by atoms with Crippen molar-refractivity contribution in [1.29, 1.82) is 0 Å². The van der Waals surface area contributed by atoms with Crippen molar-refractivity contribution in [2.45, 2.75) is 96.7 Å². The molecule has 0 N–H and O–H groups in total. The Balaban J connectivity index is 3.39. The molecule has 0 atom stereocenters. The summed E-state index contributed by atoms with van der Waals surface area (Å²) in [6.45, 7) is 8.27. The standard InChI is InChI=1S/C19H36OS/c1-5-6-7-8-9-10-11-12-13-14-15-16-21-19(3,4)17-18(2)20/h14-15H,5-13,16-17H2,1-4H3/b15-14+. The van der Waals surface area contributed by atoms with Crippen LogP contribution in [0.3, 0.4) is 0 Å². The Hall–Kier alpha value is -0.240. The van der Waals surface area contributed by atoms with Crippen LogP contribution in [0.4, 0.5) is 0 Å². The number of carbonyl (C=O) groups excluding carboxylic acids is 1. The van der Waals surface area contributed by atoms with E-state index in [-0.39, 0.29) is 10.5 Å². The van der Waals surface area contributed by atoms with Crippen molar-refractivity contribution in [3.63, 3.8) is 0 Å². The lowest BCUT2D eigenvalue weighted by Gasteiger charge is -2.21. The molecule has 0 rings (SSSR count). The minimum atomic E-state index is 0.0780. The van der Waals surface area contributed by atoms with Crippen LogP contribution in [0.2, 0.25) is 0 Å². The molecule has 0 saturated carbocycles. The second kappa shape index (κ2) is 13.4. The van der Waals surface area contributed by atoms with E-state index in [2.05, 4.69) is 32.9 Å². The van der Waals surface area contributed by atoms with Gasteiger partial charge in [0.15, 0.2) is 0 Å². The van der Waals surface area contributed by atoms with Crippen LogP contribution in [0.1, 0.15) is 91.9 Å². The lowest BCUT2D eigenvalue weighted by atomic mass is 10.1. The first kappa shape index (κ1) is 20.8. The summed E-state index contributed by atoms with van der Waals surface area (Å²) >= 11 is 1.88. The van der Waals surface area contributed by atoms with Crippen molar-refractivity contribution in [3.05, 3.63) is 12.2 Å². The predicted molar refractivity (Wildman–Crippen MR) is 98.2 cm³/mol. The van der Waals surface area contributed by atoms with E-state index < -0.39 is 0 Å². The Bertz CT molecular complexity index is 281. The minimum absolute atomic E-state index is 0.0780. The highest BCUT2D eigenvalue weighted by molar-refractivity contribution is 8.00. The van der Waals surface area contributed by atoms with Crippen LogP contribution in [0.15, 0.2) is 12.2 Å². The van der Waals surface area contributed by atoms with Gasteiger partial charge in [0, 0.05) is 16.9 Å². The maximum Gasteiger partial charge on any atom is 0.131 e. The number of allylic oxidation sites excluding steroid dienone is 1. The second-order valence-corrected chi connectivity index (χ2v) is 8.41. The average Bonchev–Trinajstić information content (AvgIpc) is 2.38. The van der Waals surface area contributed by atoms with Crippen LogP contribution in [-0.4, -0.2) is 16.3 Å². The normalized spacial score (nSPS) is 12.2. The third-order valence-electron chi connectivity index (χ3n) is 3.64. The largest absolute Gasteiger partial charge is 0.300 e. The molecule has 1 nitrogen and oxygen atoms in total. The quantitative estimate of drug-likeness (QED) is 0.267. The van der Waals surface area contributed by atoms with Crippen LogP contribution >= 0.6 is 11.8 Å². The van der Waals surface area contributed by atoms with Crippen LogP contribution in [0, 0.1) is 0 Å². The highest BCUT2D eigenvalue weighted by atomic mass is 32.2. The van der Waals surface area contributed by atoms with E-state index in [4.69, 9.17) is 0 Å². The van der Waals surface area contributed by atoms with Crippen molar-refractivity contribution < 1.29 is 4.79 Å². The van der Waals surface area contributed by atoms with Gasteiger partial charge in [-0.1, -0.05) is 77.9 Å². The van der Waals surface area contributed by atoms with Gasteiger partial charge in [0.05, 0.1) is 0 Å². The molecule has 0 aliphatic carbocycles. The van der Waals surface area contributed by atoms with Crippen molar-refractivity contribution in [2.24, 2.45) is 0 Å². The van der Waals surface area contributed by atoms with Crippen molar-refractivity contribution in [2.75, 3.05) is 5.75 Å². The van der Waals surface area contributed by atoms with E-state index in [1.165, 1.54) is 57.8 Å². The Kier molecular flexibility index (Phi) is 13.3. The zero-order valence-corrected chi connectivity index (χ0v) is 15.6. The fourth-order valence-electron chi connectivity index (χ4n) is 2.51. The first-order valence-electron chi connectivity index (χ1n) is 8.76. The molecule has 0 heterocycles. The lowest BCUT2D eigenvalue weighted by Crippen LogP contribution is -2.18. The van der Waals surface area contributed by atoms with Crippen molar-refractivity contribution in [3.8, 4) is 0 Å². The number of carbonyl (C=O) groups is 1. The summed E-state index contributed by atoms with van der Waals surface area (Å²) in [5.74, 6) is 1.31. The summed E-state index contributed by atoms with van der Waals surface area (Å²) in [5.41, 5.74) is 0. The van der Waals surface area contributed by atoms with Gasteiger partial charge in [-0.15, -0.1) is 0 Å². The molecule has 0 fully saturated rings. The maximum atomic E-state index is 11.1. The first-order chi connectivity index (χ1) is 9.98. The monoisotopic (exact) mass is 312 g/mol. The minimum Gasteiger partial charge on any atom is -0.300 e. The van der Waals surface area contributed by atoms with Gasteiger partial charge in [-0.3, -0.25) is 4.79 Å². The molecule has 2 heteroatoms. The summed E-state index contributed by atoms with van der Waals surface area (Å²) in [6, 6.07) is 0. The van der Waals surface area contributed by atoms with Gasteiger partial charge >= 0.3 is 0 Å². The second-order valence-electron chi connectivity index (χ2n) is 6.68. The summed E-state index contributed by atoms with van der Waals surface area (Å²) in [4.78, 5) is 11.1. The van der Waals surface area contributed by atoms with Gasteiger partial charge in [-0.2, -0.15) is 11.8 Å². The van der Waals surface area contributed by atoms with Crippen molar-refractivity contribution in [1.82, 2.24) is 0 Å². The molecular formula is C19H36OS. The first-order valence-corrected chi connectivity index (χ1v) is 9.75. The zero-order valence-electron chi connectivity index (χ0n) is 14.7. The Morgan fingerprint density at radius 1 is 0.952 bits per heavy atom. The highest BCUT2D eigenvalue weighted by Gasteiger charge is 2.19. The maximum absolute atomic E-state index is 11.1. The third-order valence-corrected chi connectivity index (χ3v) is 4.92. The van der Waals surface area contributed by atoms with E-state index in [0.29, 0.717) is 6.42 Å².